The molecule has 0 bridgehead atoms. The van der Waals surface area contributed by atoms with E-state index in [2.05, 4.69) is 5.32 Å². The fourth-order valence-corrected chi connectivity index (χ4v) is 4.82. The van der Waals surface area contributed by atoms with E-state index in [0.717, 1.165) is 18.5 Å². The average molecular weight is 384 g/mol. The van der Waals surface area contributed by atoms with Crippen molar-refractivity contribution in [2.75, 3.05) is 45.9 Å². The van der Waals surface area contributed by atoms with E-state index >= 15 is 0 Å². The highest BCUT2D eigenvalue weighted by Gasteiger charge is 2.32. The van der Waals surface area contributed by atoms with Crippen LogP contribution < -0.4 is 14.8 Å². The molecular formula is C18H28N2O5S. The Morgan fingerprint density at radius 1 is 1.23 bits per heavy atom. The summed E-state index contributed by atoms with van der Waals surface area (Å²) in [4.78, 5) is 13.8. The largest absolute Gasteiger partial charge is 0.493 e. The van der Waals surface area contributed by atoms with Crippen LogP contribution in [0.2, 0.25) is 0 Å². The molecule has 26 heavy (non-hydrogen) atoms. The van der Waals surface area contributed by atoms with Crippen molar-refractivity contribution in [2.24, 2.45) is 0 Å². The third-order valence-corrected chi connectivity index (χ3v) is 6.45. The number of sulfone groups is 1. The Morgan fingerprint density at radius 3 is 2.58 bits per heavy atom. The van der Waals surface area contributed by atoms with Crippen LogP contribution in [0.25, 0.3) is 0 Å². The first-order chi connectivity index (χ1) is 12.4. The Morgan fingerprint density at radius 2 is 1.96 bits per heavy atom. The lowest BCUT2D eigenvalue weighted by atomic mass is 10.1. The summed E-state index contributed by atoms with van der Waals surface area (Å²) in [6.45, 7) is 1.31. The summed E-state index contributed by atoms with van der Waals surface area (Å²) < 4.78 is 33.5. The minimum absolute atomic E-state index is 0.0225. The lowest BCUT2D eigenvalue weighted by Crippen LogP contribution is -2.39. The first-order valence-corrected chi connectivity index (χ1v) is 10.6. The van der Waals surface area contributed by atoms with Crippen molar-refractivity contribution in [3.05, 3.63) is 23.8 Å². The number of carbonyl (C=O) groups excluding carboxylic acids is 1. The smallest absolute Gasteiger partial charge is 0.223 e. The third kappa shape index (κ3) is 5.60. The van der Waals surface area contributed by atoms with Crippen molar-refractivity contribution in [3.63, 3.8) is 0 Å². The molecule has 0 radical (unpaired) electrons. The molecule has 1 aliphatic heterocycles. The number of nitrogens with one attached hydrogen (secondary N) is 1. The number of hydrogen-bond donors (Lipinski definition) is 1. The Balaban J connectivity index is 1.69. The molecule has 8 heteroatoms. The molecule has 1 amide bonds. The van der Waals surface area contributed by atoms with Crippen molar-refractivity contribution in [2.45, 2.75) is 25.3 Å². The van der Waals surface area contributed by atoms with Crippen LogP contribution in [-0.2, 0) is 21.1 Å². The van der Waals surface area contributed by atoms with Gasteiger partial charge in [0.1, 0.15) is 0 Å². The summed E-state index contributed by atoms with van der Waals surface area (Å²) in [5.74, 6) is 1.65. The molecule has 1 atom stereocenters. The number of benzene rings is 1. The van der Waals surface area contributed by atoms with E-state index in [1.165, 1.54) is 0 Å². The lowest BCUT2D eigenvalue weighted by molar-refractivity contribution is -0.131. The van der Waals surface area contributed by atoms with Crippen LogP contribution in [0.4, 0.5) is 0 Å². The third-order valence-electron chi connectivity index (χ3n) is 4.70. The van der Waals surface area contributed by atoms with E-state index in [4.69, 9.17) is 9.47 Å². The maximum absolute atomic E-state index is 12.2. The second kappa shape index (κ2) is 9.23. The summed E-state index contributed by atoms with van der Waals surface area (Å²) in [5.41, 5.74) is 1.12. The molecule has 7 nitrogen and oxygen atoms in total. The predicted molar refractivity (Wildman–Crippen MR) is 101 cm³/mol. The summed E-state index contributed by atoms with van der Waals surface area (Å²) >= 11 is 0. The van der Waals surface area contributed by atoms with E-state index in [-0.39, 0.29) is 23.5 Å². The number of hydrogen-bond acceptors (Lipinski definition) is 6. The highest BCUT2D eigenvalue weighted by atomic mass is 32.2. The Hall–Kier alpha value is -1.80. The standard InChI is InChI=1S/C18H28N2O5S/c1-20(15-8-11-26(22,23)13-15)18(21)7-10-19-9-6-14-4-5-16(24-2)17(12-14)25-3/h4-5,12,15,19H,6-11,13H2,1-3H3. The van der Waals surface area contributed by atoms with E-state index in [9.17, 15) is 13.2 Å². The van der Waals surface area contributed by atoms with Crippen molar-refractivity contribution >= 4 is 15.7 Å². The van der Waals surface area contributed by atoms with E-state index in [1.807, 2.05) is 18.2 Å². The van der Waals surface area contributed by atoms with Gasteiger partial charge in [0.15, 0.2) is 21.3 Å². The molecule has 1 fully saturated rings. The highest BCUT2D eigenvalue weighted by Crippen LogP contribution is 2.27. The zero-order valence-electron chi connectivity index (χ0n) is 15.7. The first kappa shape index (κ1) is 20.5. The molecule has 1 aromatic carbocycles. The van der Waals surface area contributed by atoms with Gasteiger partial charge >= 0.3 is 0 Å². The molecule has 1 saturated heterocycles. The van der Waals surface area contributed by atoms with Crippen molar-refractivity contribution in [1.82, 2.24) is 10.2 Å². The van der Waals surface area contributed by atoms with Gasteiger partial charge in [-0.2, -0.15) is 0 Å². The van der Waals surface area contributed by atoms with Crippen LogP contribution in [0, 0.1) is 0 Å². The molecule has 1 aromatic rings. The summed E-state index contributed by atoms with van der Waals surface area (Å²) in [6.07, 6.45) is 1.71. The van der Waals surface area contributed by atoms with Crippen LogP contribution in [0.3, 0.4) is 0 Å². The maximum Gasteiger partial charge on any atom is 0.223 e. The highest BCUT2D eigenvalue weighted by molar-refractivity contribution is 7.91. The van der Waals surface area contributed by atoms with Crippen LogP contribution in [-0.4, -0.2) is 71.1 Å². The first-order valence-electron chi connectivity index (χ1n) is 8.74. The number of amides is 1. The summed E-state index contributed by atoms with van der Waals surface area (Å²) in [7, 11) is 1.93. The number of nitrogens with zero attached hydrogens (tertiary/aromatic N) is 1. The summed E-state index contributed by atoms with van der Waals surface area (Å²) in [6, 6.07) is 5.63. The minimum atomic E-state index is -2.97. The normalized spacial score (nSPS) is 18.5. The molecule has 1 heterocycles. The van der Waals surface area contributed by atoms with Crippen molar-refractivity contribution < 1.29 is 22.7 Å². The average Bonchev–Trinajstić information content (AvgIpc) is 3.00. The minimum Gasteiger partial charge on any atom is -0.493 e. The van der Waals surface area contributed by atoms with Gasteiger partial charge < -0.3 is 19.7 Å². The van der Waals surface area contributed by atoms with Crippen LogP contribution in [0.5, 0.6) is 11.5 Å². The molecule has 0 aromatic heterocycles. The maximum atomic E-state index is 12.2. The molecule has 1 N–H and O–H groups in total. The lowest BCUT2D eigenvalue weighted by Gasteiger charge is -2.23. The van der Waals surface area contributed by atoms with E-state index in [0.29, 0.717) is 30.9 Å². The molecule has 0 saturated carbocycles. The van der Waals surface area contributed by atoms with Gasteiger partial charge in [-0.1, -0.05) is 6.07 Å². The van der Waals surface area contributed by atoms with Gasteiger partial charge in [-0.15, -0.1) is 0 Å². The second-order valence-electron chi connectivity index (χ2n) is 6.50. The Bertz CT molecular complexity index is 720. The summed E-state index contributed by atoms with van der Waals surface area (Å²) in [5, 5.41) is 3.25. The second-order valence-corrected chi connectivity index (χ2v) is 8.73. The van der Waals surface area contributed by atoms with E-state index in [1.54, 1.807) is 26.2 Å². The number of rotatable bonds is 9. The SMILES string of the molecule is COc1ccc(CCNCCC(=O)N(C)C2CCS(=O)(=O)C2)cc1OC. The van der Waals surface area contributed by atoms with Gasteiger partial charge in [0.05, 0.1) is 25.7 Å². The zero-order chi connectivity index (χ0) is 19.2. The van der Waals surface area contributed by atoms with Crippen LogP contribution in [0.15, 0.2) is 18.2 Å². The molecule has 1 unspecified atom stereocenters. The van der Waals surface area contributed by atoms with Crippen molar-refractivity contribution in [3.8, 4) is 11.5 Å². The van der Waals surface area contributed by atoms with Gasteiger partial charge in [0.25, 0.3) is 0 Å². The van der Waals surface area contributed by atoms with Crippen molar-refractivity contribution in [1.29, 1.82) is 0 Å². The fraction of sp³-hybridized carbons (Fsp3) is 0.611. The Kier molecular flexibility index (Phi) is 7.28. The van der Waals surface area contributed by atoms with Crippen LogP contribution in [0.1, 0.15) is 18.4 Å². The van der Waals surface area contributed by atoms with E-state index < -0.39 is 9.84 Å². The molecule has 146 valence electrons. The molecule has 2 rings (SSSR count). The topological polar surface area (TPSA) is 84.9 Å². The number of methoxy groups -OCH3 is 2. The number of ether oxygens (including phenoxy) is 2. The molecule has 1 aliphatic rings. The van der Waals surface area contributed by atoms with Gasteiger partial charge in [-0.3, -0.25) is 4.79 Å². The molecule has 0 aliphatic carbocycles. The fourth-order valence-electron chi connectivity index (χ4n) is 3.05. The van der Waals surface area contributed by atoms with Gasteiger partial charge in [0, 0.05) is 26.1 Å². The number of carbonyl (C=O) groups is 1. The quantitative estimate of drug-likeness (QED) is 0.636. The molecule has 0 spiro atoms. The van der Waals surface area contributed by atoms with Gasteiger partial charge in [0.2, 0.25) is 5.91 Å². The van der Waals surface area contributed by atoms with Gasteiger partial charge in [-0.25, -0.2) is 8.42 Å². The Labute approximate surface area is 155 Å². The monoisotopic (exact) mass is 384 g/mol. The van der Waals surface area contributed by atoms with Gasteiger partial charge in [-0.05, 0) is 37.1 Å². The predicted octanol–water partition coefficient (Wildman–Crippen LogP) is 0.872. The zero-order valence-corrected chi connectivity index (χ0v) is 16.5. The molecular weight excluding hydrogens is 356 g/mol. The van der Waals surface area contributed by atoms with Crippen LogP contribution >= 0.6 is 0 Å².